The van der Waals surface area contributed by atoms with E-state index in [1.54, 1.807) is 30.3 Å². The summed E-state index contributed by atoms with van der Waals surface area (Å²) in [6.45, 7) is 9.48. The Hall–Kier alpha value is -1.97. The molecule has 98 valence electrons. The predicted octanol–water partition coefficient (Wildman–Crippen LogP) is 3.60. The molecule has 18 heavy (non-hydrogen) atoms. The molecule has 0 aliphatic heterocycles. The maximum absolute atomic E-state index is 11.5. The molecule has 0 aromatic heterocycles. The number of rotatable bonds is 4. The minimum atomic E-state index is -0.503. The van der Waals surface area contributed by atoms with Crippen LogP contribution in [0.2, 0.25) is 0 Å². The van der Waals surface area contributed by atoms with Gasteiger partial charge in [0.05, 0.1) is 0 Å². The molecule has 0 spiro atoms. The molecule has 0 atom stereocenters. The molecule has 1 aromatic carbocycles. The highest BCUT2D eigenvalue weighted by atomic mass is 16.6. The van der Waals surface area contributed by atoms with Gasteiger partial charge in [-0.25, -0.2) is 4.79 Å². The van der Waals surface area contributed by atoms with Crippen LogP contribution >= 0.6 is 0 Å². The summed E-state index contributed by atoms with van der Waals surface area (Å²) in [7, 11) is 0. The predicted molar refractivity (Wildman–Crippen MR) is 72.0 cm³/mol. The highest BCUT2D eigenvalue weighted by molar-refractivity contribution is 5.84. The number of amides is 1. The monoisotopic (exact) mass is 249 g/mol. The number of ether oxygens (including phenoxy) is 2. The lowest BCUT2D eigenvalue weighted by atomic mass is 10.2. The van der Waals surface area contributed by atoms with Crippen LogP contribution in [-0.2, 0) is 4.74 Å². The number of benzene rings is 1. The summed E-state index contributed by atoms with van der Waals surface area (Å²) in [5.41, 5.74) is 0.159. The number of anilines is 1. The van der Waals surface area contributed by atoms with E-state index in [0.717, 1.165) is 5.75 Å². The van der Waals surface area contributed by atoms with Crippen LogP contribution in [0, 0.1) is 0 Å². The van der Waals surface area contributed by atoms with E-state index < -0.39 is 11.7 Å². The third-order valence-electron chi connectivity index (χ3n) is 1.87. The minimum Gasteiger partial charge on any atom is -0.490 e. The molecule has 1 amide bonds. The van der Waals surface area contributed by atoms with Crippen LogP contribution < -0.4 is 10.1 Å². The first-order chi connectivity index (χ1) is 8.40. The van der Waals surface area contributed by atoms with Crippen molar-refractivity contribution in [3.05, 3.63) is 36.9 Å². The first-order valence-corrected chi connectivity index (χ1v) is 5.74. The molecule has 0 bridgehead atoms. The first-order valence-electron chi connectivity index (χ1n) is 5.74. The molecule has 0 aliphatic rings. The summed E-state index contributed by atoms with van der Waals surface area (Å²) >= 11 is 0. The summed E-state index contributed by atoms with van der Waals surface area (Å²) in [5, 5.41) is 2.64. The average molecular weight is 249 g/mol. The van der Waals surface area contributed by atoms with Gasteiger partial charge in [-0.05, 0) is 45.0 Å². The molecule has 1 rings (SSSR count). The zero-order valence-corrected chi connectivity index (χ0v) is 11.0. The van der Waals surface area contributed by atoms with Crippen molar-refractivity contribution in [3.8, 4) is 5.75 Å². The van der Waals surface area contributed by atoms with Crippen molar-refractivity contribution in [2.24, 2.45) is 0 Å². The fourth-order valence-electron chi connectivity index (χ4n) is 1.21. The number of carbonyl (C=O) groups is 1. The van der Waals surface area contributed by atoms with Crippen molar-refractivity contribution in [3.63, 3.8) is 0 Å². The second kappa shape index (κ2) is 6.10. The molecule has 1 aromatic rings. The summed E-state index contributed by atoms with van der Waals surface area (Å²) < 4.78 is 10.5. The third kappa shape index (κ3) is 5.39. The van der Waals surface area contributed by atoms with Gasteiger partial charge in [0.25, 0.3) is 0 Å². The summed E-state index contributed by atoms with van der Waals surface area (Å²) in [4.78, 5) is 11.5. The normalized spacial score (nSPS) is 10.6. The third-order valence-corrected chi connectivity index (χ3v) is 1.87. The zero-order valence-electron chi connectivity index (χ0n) is 11.0. The molecule has 4 heteroatoms. The van der Waals surface area contributed by atoms with E-state index in [1.165, 1.54) is 0 Å². The lowest BCUT2D eigenvalue weighted by molar-refractivity contribution is 0.0636. The summed E-state index contributed by atoms with van der Waals surface area (Å²) in [6, 6.07) is 7.05. The van der Waals surface area contributed by atoms with Crippen molar-refractivity contribution in [2.45, 2.75) is 26.4 Å². The van der Waals surface area contributed by atoms with Gasteiger partial charge in [0.2, 0.25) is 0 Å². The van der Waals surface area contributed by atoms with E-state index in [9.17, 15) is 4.79 Å². The van der Waals surface area contributed by atoms with Gasteiger partial charge in [-0.2, -0.15) is 0 Å². The second-order valence-electron chi connectivity index (χ2n) is 4.75. The fourth-order valence-corrected chi connectivity index (χ4v) is 1.21. The van der Waals surface area contributed by atoms with Crippen LogP contribution in [0.25, 0.3) is 0 Å². The largest absolute Gasteiger partial charge is 0.490 e. The Kier molecular flexibility index (Phi) is 4.77. The molecule has 0 unspecified atom stereocenters. The van der Waals surface area contributed by atoms with Gasteiger partial charge in [-0.15, -0.1) is 0 Å². The minimum absolute atomic E-state index is 0.457. The Morgan fingerprint density at radius 2 is 1.94 bits per heavy atom. The van der Waals surface area contributed by atoms with Gasteiger partial charge in [-0.1, -0.05) is 12.7 Å². The maximum Gasteiger partial charge on any atom is 0.412 e. The van der Waals surface area contributed by atoms with Crippen molar-refractivity contribution in [1.29, 1.82) is 0 Å². The van der Waals surface area contributed by atoms with Gasteiger partial charge in [0, 0.05) is 5.69 Å². The van der Waals surface area contributed by atoms with Crippen LogP contribution in [0.5, 0.6) is 5.75 Å². The Balaban J connectivity index is 2.53. The SMILES string of the molecule is C=CCOc1ccc(NC(=O)OC(C)(C)C)cc1. The molecule has 1 N–H and O–H groups in total. The van der Waals surface area contributed by atoms with E-state index in [2.05, 4.69) is 11.9 Å². The summed E-state index contributed by atoms with van der Waals surface area (Å²) in [6.07, 6.45) is 1.20. The molecule has 0 heterocycles. The molecule has 4 nitrogen and oxygen atoms in total. The lowest BCUT2D eigenvalue weighted by Crippen LogP contribution is -2.27. The molecule has 0 saturated heterocycles. The van der Waals surface area contributed by atoms with E-state index in [0.29, 0.717) is 12.3 Å². The number of hydrogen-bond acceptors (Lipinski definition) is 3. The Bertz CT molecular complexity index is 404. The Morgan fingerprint density at radius 1 is 1.33 bits per heavy atom. The van der Waals surface area contributed by atoms with Crippen LogP contribution in [-0.4, -0.2) is 18.3 Å². The van der Waals surface area contributed by atoms with E-state index >= 15 is 0 Å². The van der Waals surface area contributed by atoms with Crippen LogP contribution in [0.1, 0.15) is 20.8 Å². The zero-order chi connectivity index (χ0) is 13.6. The van der Waals surface area contributed by atoms with Crippen molar-refractivity contribution in [1.82, 2.24) is 0 Å². The second-order valence-corrected chi connectivity index (χ2v) is 4.75. The standard InChI is InChI=1S/C14H19NO3/c1-5-10-17-12-8-6-11(7-9-12)15-13(16)18-14(2,3)4/h5-9H,1,10H2,2-4H3,(H,15,16). The molecular weight excluding hydrogens is 230 g/mol. The fraction of sp³-hybridized carbons (Fsp3) is 0.357. The molecule has 0 radical (unpaired) electrons. The van der Waals surface area contributed by atoms with E-state index in [4.69, 9.17) is 9.47 Å². The number of carbonyl (C=O) groups excluding carboxylic acids is 1. The van der Waals surface area contributed by atoms with Gasteiger partial charge < -0.3 is 9.47 Å². The van der Waals surface area contributed by atoms with Crippen LogP contribution in [0.3, 0.4) is 0 Å². The quantitative estimate of drug-likeness (QED) is 0.829. The highest BCUT2D eigenvalue weighted by Gasteiger charge is 2.15. The smallest absolute Gasteiger partial charge is 0.412 e. The molecular formula is C14H19NO3. The van der Waals surface area contributed by atoms with E-state index in [1.807, 2.05) is 20.8 Å². The lowest BCUT2D eigenvalue weighted by Gasteiger charge is -2.19. The Morgan fingerprint density at radius 3 is 2.44 bits per heavy atom. The highest BCUT2D eigenvalue weighted by Crippen LogP contribution is 2.16. The topological polar surface area (TPSA) is 47.6 Å². The molecule has 0 aliphatic carbocycles. The van der Waals surface area contributed by atoms with Crippen LogP contribution in [0.15, 0.2) is 36.9 Å². The molecule has 0 fully saturated rings. The van der Waals surface area contributed by atoms with E-state index in [-0.39, 0.29) is 0 Å². The van der Waals surface area contributed by atoms with Gasteiger partial charge >= 0.3 is 6.09 Å². The number of hydrogen-bond donors (Lipinski definition) is 1. The van der Waals surface area contributed by atoms with Crippen molar-refractivity contribution < 1.29 is 14.3 Å². The van der Waals surface area contributed by atoms with Crippen molar-refractivity contribution in [2.75, 3.05) is 11.9 Å². The van der Waals surface area contributed by atoms with Gasteiger partial charge in [-0.3, -0.25) is 5.32 Å². The Labute approximate surface area is 108 Å². The first kappa shape index (κ1) is 14.1. The maximum atomic E-state index is 11.5. The van der Waals surface area contributed by atoms with Gasteiger partial charge in [0.15, 0.2) is 0 Å². The van der Waals surface area contributed by atoms with Crippen molar-refractivity contribution >= 4 is 11.8 Å². The number of nitrogens with one attached hydrogen (secondary N) is 1. The van der Waals surface area contributed by atoms with Crippen LogP contribution in [0.4, 0.5) is 10.5 Å². The summed E-state index contributed by atoms with van der Waals surface area (Å²) in [5.74, 6) is 0.727. The van der Waals surface area contributed by atoms with Gasteiger partial charge in [0.1, 0.15) is 18.0 Å². The molecule has 0 saturated carbocycles. The average Bonchev–Trinajstić information content (AvgIpc) is 2.25.